The molecule has 0 atom stereocenters. The SMILES string of the molecule is N=CN1CC(=O)NC1=N. The molecule has 3 N–H and O–H groups in total. The molecule has 1 saturated heterocycles. The highest BCUT2D eigenvalue weighted by Crippen LogP contribution is 1.90. The summed E-state index contributed by atoms with van der Waals surface area (Å²) in [5, 5.41) is 15.9. The Morgan fingerprint density at radius 1 is 1.78 bits per heavy atom. The Labute approximate surface area is 51.7 Å². The lowest BCUT2D eigenvalue weighted by Gasteiger charge is -2.03. The van der Waals surface area contributed by atoms with E-state index in [1.165, 1.54) is 4.90 Å². The number of rotatable bonds is 1. The van der Waals surface area contributed by atoms with Crippen molar-refractivity contribution in [2.24, 2.45) is 0 Å². The molecule has 0 aromatic heterocycles. The minimum absolute atomic E-state index is 0.0185. The van der Waals surface area contributed by atoms with Crippen molar-refractivity contribution >= 4 is 18.2 Å². The highest BCUT2D eigenvalue weighted by molar-refractivity contribution is 6.07. The molecule has 1 aliphatic rings. The molecule has 0 bridgehead atoms. The fraction of sp³-hybridized carbons (Fsp3) is 0.250. The number of hydrogen-bond acceptors (Lipinski definition) is 3. The maximum Gasteiger partial charge on any atom is 0.246 e. The summed E-state index contributed by atoms with van der Waals surface area (Å²) < 4.78 is 0. The van der Waals surface area contributed by atoms with Gasteiger partial charge in [0.15, 0.2) is 0 Å². The third-order valence-corrected chi connectivity index (χ3v) is 1.01. The van der Waals surface area contributed by atoms with Crippen molar-refractivity contribution in [3.8, 4) is 0 Å². The van der Waals surface area contributed by atoms with Gasteiger partial charge < -0.3 is 0 Å². The molecule has 0 aromatic rings. The van der Waals surface area contributed by atoms with Crippen LogP contribution in [-0.4, -0.2) is 29.6 Å². The zero-order valence-corrected chi connectivity index (χ0v) is 4.64. The number of hydrogen-bond donors (Lipinski definition) is 3. The van der Waals surface area contributed by atoms with Gasteiger partial charge in [0.2, 0.25) is 11.9 Å². The topological polar surface area (TPSA) is 80.0 Å². The largest absolute Gasteiger partial charge is 0.295 e. The zero-order valence-electron chi connectivity index (χ0n) is 4.64. The Morgan fingerprint density at radius 3 is 2.67 bits per heavy atom. The van der Waals surface area contributed by atoms with Crippen LogP contribution in [0.15, 0.2) is 0 Å². The van der Waals surface area contributed by atoms with Gasteiger partial charge in [0, 0.05) is 0 Å². The fourth-order valence-corrected chi connectivity index (χ4v) is 0.587. The molecule has 0 radical (unpaired) electrons. The summed E-state index contributed by atoms with van der Waals surface area (Å²) in [5.74, 6) is -0.251. The van der Waals surface area contributed by atoms with Gasteiger partial charge in [0.05, 0.1) is 6.34 Å². The molecule has 1 heterocycles. The third-order valence-electron chi connectivity index (χ3n) is 1.01. The molecule has 1 amide bonds. The van der Waals surface area contributed by atoms with Crippen LogP contribution >= 0.6 is 0 Å². The van der Waals surface area contributed by atoms with E-state index in [2.05, 4.69) is 5.32 Å². The van der Waals surface area contributed by atoms with Crippen LogP contribution < -0.4 is 5.32 Å². The first-order valence-electron chi connectivity index (χ1n) is 2.39. The maximum absolute atomic E-state index is 10.4. The van der Waals surface area contributed by atoms with Crippen LogP contribution in [0.1, 0.15) is 0 Å². The van der Waals surface area contributed by atoms with E-state index in [1.54, 1.807) is 0 Å². The summed E-state index contributed by atoms with van der Waals surface area (Å²) in [7, 11) is 0. The molecule has 0 aliphatic carbocycles. The summed E-state index contributed by atoms with van der Waals surface area (Å²) in [5.41, 5.74) is 0. The van der Waals surface area contributed by atoms with Gasteiger partial charge in [-0.05, 0) is 0 Å². The van der Waals surface area contributed by atoms with Crippen LogP contribution in [-0.2, 0) is 4.79 Å². The Balaban J connectivity index is 2.68. The molecule has 0 saturated carbocycles. The van der Waals surface area contributed by atoms with E-state index in [1.807, 2.05) is 0 Å². The van der Waals surface area contributed by atoms with Crippen molar-refractivity contribution in [1.82, 2.24) is 10.2 Å². The highest BCUT2D eigenvalue weighted by atomic mass is 16.2. The zero-order chi connectivity index (χ0) is 6.85. The van der Waals surface area contributed by atoms with Gasteiger partial charge in [0.1, 0.15) is 6.54 Å². The van der Waals surface area contributed by atoms with Crippen molar-refractivity contribution in [2.75, 3.05) is 6.54 Å². The molecule has 1 rings (SSSR count). The van der Waals surface area contributed by atoms with E-state index in [9.17, 15) is 4.79 Å². The molecule has 48 valence electrons. The molecule has 9 heavy (non-hydrogen) atoms. The Morgan fingerprint density at radius 2 is 2.44 bits per heavy atom. The van der Waals surface area contributed by atoms with Crippen LogP contribution in [0.2, 0.25) is 0 Å². The molecule has 5 heteroatoms. The molecule has 5 nitrogen and oxygen atoms in total. The molecular formula is C4H6N4O. The van der Waals surface area contributed by atoms with Gasteiger partial charge in [-0.2, -0.15) is 0 Å². The Hall–Kier alpha value is -1.39. The first kappa shape index (κ1) is 5.74. The van der Waals surface area contributed by atoms with Crippen LogP contribution in [0.5, 0.6) is 0 Å². The van der Waals surface area contributed by atoms with Crippen molar-refractivity contribution < 1.29 is 4.79 Å². The van der Waals surface area contributed by atoms with Crippen molar-refractivity contribution in [3.05, 3.63) is 0 Å². The summed E-state index contributed by atoms with van der Waals surface area (Å²) in [6, 6.07) is 0. The standard InChI is InChI=1S/C4H6N4O/c5-2-8-1-3(9)7-4(8)6/h2,5H,1H2,(H2,6,7,9). The van der Waals surface area contributed by atoms with E-state index in [0.29, 0.717) is 0 Å². The number of nitrogens with zero attached hydrogens (tertiary/aromatic N) is 1. The van der Waals surface area contributed by atoms with E-state index in [0.717, 1.165) is 6.34 Å². The van der Waals surface area contributed by atoms with E-state index in [4.69, 9.17) is 10.8 Å². The maximum atomic E-state index is 10.4. The van der Waals surface area contributed by atoms with Crippen molar-refractivity contribution in [1.29, 1.82) is 10.8 Å². The first-order valence-corrected chi connectivity index (χ1v) is 2.39. The fourth-order valence-electron chi connectivity index (χ4n) is 0.587. The van der Waals surface area contributed by atoms with Crippen LogP contribution in [0.25, 0.3) is 0 Å². The normalized spacial score (nSPS) is 18.0. The molecule has 1 aliphatic heterocycles. The van der Waals surface area contributed by atoms with Gasteiger partial charge in [-0.1, -0.05) is 0 Å². The molecule has 0 aromatic carbocycles. The number of nitrogens with one attached hydrogen (secondary N) is 3. The van der Waals surface area contributed by atoms with E-state index >= 15 is 0 Å². The second-order valence-electron chi connectivity index (χ2n) is 1.65. The summed E-state index contributed by atoms with van der Waals surface area (Å²) >= 11 is 0. The van der Waals surface area contributed by atoms with Crippen LogP contribution in [0.4, 0.5) is 0 Å². The lowest BCUT2D eigenvalue weighted by molar-refractivity contribution is -0.118. The van der Waals surface area contributed by atoms with E-state index < -0.39 is 0 Å². The third kappa shape index (κ3) is 0.883. The van der Waals surface area contributed by atoms with Gasteiger partial charge >= 0.3 is 0 Å². The molecular weight excluding hydrogens is 120 g/mol. The predicted molar refractivity (Wildman–Crippen MR) is 31.4 cm³/mol. The van der Waals surface area contributed by atoms with Crippen molar-refractivity contribution in [2.45, 2.75) is 0 Å². The monoisotopic (exact) mass is 126 g/mol. The summed E-state index contributed by atoms with van der Waals surface area (Å²) in [4.78, 5) is 11.6. The van der Waals surface area contributed by atoms with Gasteiger partial charge in [-0.15, -0.1) is 0 Å². The highest BCUT2D eigenvalue weighted by Gasteiger charge is 2.20. The quantitative estimate of drug-likeness (QED) is 0.310. The number of carbonyl (C=O) groups excluding carboxylic acids is 1. The van der Waals surface area contributed by atoms with Crippen LogP contribution in [0.3, 0.4) is 0 Å². The second kappa shape index (κ2) is 1.85. The number of carbonyl (C=O) groups is 1. The lowest BCUT2D eigenvalue weighted by Crippen LogP contribution is -2.27. The smallest absolute Gasteiger partial charge is 0.246 e. The summed E-state index contributed by atoms with van der Waals surface area (Å²) in [6.07, 6.45) is 0.945. The van der Waals surface area contributed by atoms with E-state index in [-0.39, 0.29) is 18.4 Å². The Kier molecular flexibility index (Phi) is 1.18. The Bertz CT molecular complexity index is 175. The molecule has 0 spiro atoms. The average Bonchev–Trinajstić information content (AvgIpc) is 2.10. The van der Waals surface area contributed by atoms with Gasteiger partial charge in [0.25, 0.3) is 0 Å². The summed E-state index contributed by atoms with van der Waals surface area (Å²) in [6.45, 7) is 0.0995. The minimum Gasteiger partial charge on any atom is -0.295 e. The molecule has 1 fully saturated rings. The number of guanidine groups is 1. The second-order valence-corrected chi connectivity index (χ2v) is 1.65. The van der Waals surface area contributed by atoms with Crippen LogP contribution in [0, 0.1) is 10.8 Å². The predicted octanol–water partition coefficient (Wildman–Crippen LogP) is -1.04. The molecule has 0 unspecified atom stereocenters. The minimum atomic E-state index is -0.233. The lowest BCUT2D eigenvalue weighted by atomic mass is 10.6. The number of amides is 1. The van der Waals surface area contributed by atoms with Gasteiger partial charge in [-0.25, -0.2) is 0 Å². The van der Waals surface area contributed by atoms with Gasteiger partial charge in [-0.3, -0.25) is 25.8 Å². The average molecular weight is 126 g/mol. The first-order chi connectivity index (χ1) is 4.24. The van der Waals surface area contributed by atoms with Crippen molar-refractivity contribution in [3.63, 3.8) is 0 Å².